The number of hydrogen-bond donors (Lipinski definition) is 0. The number of hydrogen-bond acceptors (Lipinski definition) is 3. The van der Waals surface area contributed by atoms with Crippen molar-refractivity contribution in [1.82, 2.24) is 0 Å². The van der Waals surface area contributed by atoms with Crippen LogP contribution in [0, 0.1) is 0 Å². The molecule has 0 aliphatic carbocycles. The van der Waals surface area contributed by atoms with E-state index in [0.29, 0.717) is 0 Å². The predicted octanol–water partition coefficient (Wildman–Crippen LogP) is -3.45. The summed E-state index contributed by atoms with van der Waals surface area (Å²) in [6.07, 6.45) is -1.59. The summed E-state index contributed by atoms with van der Waals surface area (Å²) in [5.74, 6) is 0. The van der Waals surface area contributed by atoms with Crippen LogP contribution in [0.2, 0.25) is 0 Å². The standard InChI is InChI=1S/C2H3ClO3.K/c3-1-6-2(4)5;/h1H2,(H,4,5);/q;+1/p-1. The third kappa shape index (κ3) is 11.0. The molecule has 3 nitrogen and oxygen atoms in total. The number of alkyl halides is 1. The largest absolute Gasteiger partial charge is 1.00 e. The van der Waals surface area contributed by atoms with E-state index in [1.54, 1.807) is 0 Å². The van der Waals surface area contributed by atoms with Crippen molar-refractivity contribution in [2.75, 3.05) is 6.07 Å². The quantitative estimate of drug-likeness (QED) is 0.221. The van der Waals surface area contributed by atoms with Crippen molar-refractivity contribution in [2.24, 2.45) is 0 Å². The van der Waals surface area contributed by atoms with Crippen molar-refractivity contribution >= 4 is 17.8 Å². The molecule has 0 amide bonds. The van der Waals surface area contributed by atoms with Crippen LogP contribution in [0.25, 0.3) is 0 Å². The zero-order valence-electron chi connectivity index (χ0n) is 3.81. The molecule has 0 N–H and O–H groups in total. The minimum Gasteiger partial charge on any atom is -0.534 e. The van der Waals surface area contributed by atoms with Crippen LogP contribution in [0.15, 0.2) is 0 Å². The average molecular weight is 149 g/mol. The molecule has 0 heterocycles. The summed E-state index contributed by atoms with van der Waals surface area (Å²) in [5.41, 5.74) is 0. The van der Waals surface area contributed by atoms with Crippen LogP contribution in [0.5, 0.6) is 0 Å². The van der Waals surface area contributed by atoms with Gasteiger partial charge in [0.05, 0.1) is 0 Å². The molecule has 0 saturated heterocycles. The molecule has 0 aromatic heterocycles. The first-order chi connectivity index (χ1) is 2.77. The van der Waals surface area contributed by atoms with Crippen molar-refractivity contribution in [1.29, 1.82) is 0 Å². The number of carboxylic acid groups (broad SMARTS) is 1. The van der Waals surface area contributed by atoms with Crippen molar-refractivity contribution < 1.29 is 66.0 Å². The van der Waals surface area contributed by atoms with Crippen LogP contribution in [-0.4, -0.2) is 12.2 Å². The van der Waals surface area contributed by atoms with Crippen LogP contribution in [0.1, 0.15) is 0 Å². The maximum absolute atomic E-state index is 9.18. The first kappa shape index (κ1) is 11.1. The van der Waals surface area contributed by atoms with Crippen LogP contribution >= 0.6 is 11.6 Å². The third-order valence-corrected chi connectivity index (χ3v) is 0.282. The average Bonchev–Trinajstić information content (AvgIpc) is 1.35. The zero-order chi connectivity index (χ0) is 4.99. The molecule has 0 rings (SSSR count). The van der Waals surface area contributed by atoms with Crippen molar-refractivity contribution in [3.05, 3.63) is 0 Å². The van der Waals surface area contributed by atoms with Gasteiger partial charge in [0.25, 0.3) is 6.16 Å². The Bertz CT molecular complexity index is 56.9. The van der Waals surface area contributed by atoms with E-state index >= 15 is 0 Å². The first-order valence-electron chi connectivity index (χ1n) is 1.17. The molecule has 0 aromatic carbocycles. The van der Waals surface area contributed by atoms with Gasteiger partial charge in [-0.3, -0.25) is 0 Å². The number of carbonyl (C=O) groups excluding carboxylic acids is 1. The molecule has 0 aliphatic heterocycles. The summed E-state index contributed by atoms with van der Waals surface area (Å²) >= 11 is 4.75. The van der Waals surface area contributed by atoms with E-state index in [4.69, 9.17) is 11.6 Å². The molecule has 0 radical (unpaired) electrons. The van der Waals surface area contributed by atoms with E-state index in [0.717, 1.165) is 0 Å². The summed E-state index contributed by atoms with van der Waals surface area (Å²) in [4.78, 5) is 9.18. The first-order valence-corrected chi connectivity index (χ1v) is 1.70. The van der Waals surface area contributed by atoms with E-state index in [1.807, 2.05) is 0 Å². The molecular formula is C2H2ClKO3. The molecule has 0 unspecified atom stereocenters. The van der Waals surface area contributed by atoms with Crippen LogP contribution in [0.3, 0.4) is 0 Å². The molecule has 0 atom stereocenters. The van der Waals surface area contributed by atoms with E-state index in [2.05, 4.69) is 4.74 Å². The molecule has 5 heteroatoms. The fourth-order valence-corrected chi connectivity index (χ4v) is 0.134. The Morgan fingerprint density at radius 1 is 1.86 bits per heavy atom. The number of carbonyl (C=O) groups is 1. The van der Waals surface area contributed by atoms with Gasteiger partial charge in [0, 0.05) is 0 Å². The Labute approximate surface area is 88.4 Å². The van der Waals surface area contributed by atoms with Crippen LogP contribution in [-0.2, 0) is 4.74 Å². The van der Waals surface area contributed by atoms with Gasteiger partial charge in [0.15, 0.2) is 0 Å². The Balaban J connectivity index is 0. The van der Waals surface area contributed by atoms with E-state index in [1.165, 1.54) is 0 Å². The second kappa shape index (κ2) is 7.20. The molecule has 0 bridgehead atoms. The molecule has 0 aliphatic rings. The maximum Gasteiger partial charge on any atom is 1.00 e. The fraction of sp³-hybridized carbons (Fsp3) is 0.500. The Hall–Kier alpha value is 1.20. The molecule has 36 valence electrons. The van der Waals surface area contributed by atoms with E-state index < -0.39 is 6.16 Å². The maximum atomic E-state index is 9.18. The minimum absolute atomic E-state index is 0. The monoisotopic (exact) mass is 148 g/mol. The molecule has 0 saturated carbocycles. The smallest absolute Gasteiger partial charge is 0.534 e. The molecule has 0 aromatic rings. The van der Waals surface area contributed by atoms with Crippen molar-refractivity contribution in [3.63, 3.8) is 0 Å². The summed E-state index contributed by atoms with van der Waals surface area (Å²) in [6.45, 7) is 0. The Morgan fingerprint density at radius 2 is 2.29 bits per heavy atom. The summed E-state index contributed by atoms with van der Waals surface area (Å²) in [5, 5.41) is 9.18. The normalized spacial score (nSPS) is 6.43. The van der Waals surface area contributed by atoms with E-state index in [9.17, 15) is 9.90 Å². The SMILES string of the molecule is O=C([O-])OCCl.[K+]. The van der Waals surface area contributed by atoms with E-state index in [-0.39, 0.29) is 57.5 Å². The van der Waals surface area contributed by atoms with Gasteiger partial charge in [-0.1, -0.05) is 0 Å². The minimum atomic E-state index is -1.59. The fourth-order valence-electron chi connectivity index (χ4n) is 0.0445. The topological polar surface area (TPSA) is 49.4 Å². The second-order valence-corrected chi connectivity index (χ2v) is 0.722. The zero-order valence-corrected chi connectivity index (χ0v) is 7.69. The molecule has 0 spiro atoms. The summed E-state index contributed by atoms with van der Waals surface area (Å²) in [6, 6.07) is -0.359. The number of ether oxygens (including phenoxy) is 1. The van der Waals surface area contributed by atoms with Gasteiger partial charge in [-0.2, -0.15) is 0 Å². The van der Waals surface area contributed by atoms with Gasteiger partial charge < -0.3 is 14.6 Å². The van der Waals surface area contributed by atoms with Gasteiger partial charge in [-0.15, -0.1) is 11.6 Å². The predicted molar refractivity (Wildman–Crippen MR) is 17.2 cm³/mol. The number of halogens is 1. The summed E-state index contributed by atoms with van der Waals surface area (Å²) < 4.78 is 3.61. The third-order valence-electron chi connectivity index (χ3n) is 0.172. The molecular weight excluding hydrogens is 147 g/mol. The van der Waals surface area contributed by atoms with Crippen LogP contribution in [0.4, 0.5) is 4.79 Å². The summed E-state index contributed by atoms with van der Waals surface area (Å²) in [7, 11) is 0. The van der Waals surface area contributed by atoms with Gasteiger partial charge in [-0.05, 0) is 0 Å². The molecule has 0 fully saturated rings. The van der Waals surface area contributed by atoms with Gasteiger partial charge in [0.2, 0.25) is 0 Å². The van der Waals surface area contributed by atoms with Gasteiger partial charge in [0.1, 0.15) is 6.07 Å². The Kier molecular flexibility index (Phi) is 11.4. The van der Waals surface area contributed by atoms with Crippen molar-refractivity contribution in [2.45, 2.75) is 0 Å². The second-order valence-electron chi connectivity index (χ2n) is 0.503. The number of rotatable bonds is 1. The van der Waals surface area contributed by atoms with Crippen molar-refractivity contribution in [3.8, 4) is 0 Å². The van der Waals surface area contributed by atoms with Crippen LogP contribution < -0.4 is 56.5 Å². The Morgan fingerprint density at radius 3 is 2.29 bits per heavy atom. The van der Waals surface area contributed by atoms with Gasteiger partial charge >= 0.3 is 51.4 Å². The van der Waals surface area contributed by atoms with Gasteiger partial charge in [-0.25, -0.2) is 0 Å². The molecule has 7 heavy (non-hydrogen) atoms.